The number of halogens is 1. The number of rotatable bonds is 4. The van der Waals surface area contributed by atoms with Crippen LogP contribution in [0.2, 0.25) is 5.02 Å². The maximum absolute atomic E-state index is 11.9. The molecule has 1 aliphatic carbocycles. The molecule has 3 N–H and O–H groups in total. The van der Waals surface area contributed by atoms with Crippen LogP contribution in [0.5, 0.6) is 0 Å². The van der Waals surface area contributed by atoms with Gasteiger partial charge in [-0.1, -0.05) is 11.6 Å². The Labute approximate surface area is 99.8 Å². The predicted octanol–water partition coefficient (Wildman–Crippen LogP) is 1.55. The van der Waals surface area contributed by atoms with Crippen molar-refractivity contribution >= 4 is 17.5 Å². The summed E-state index contributed by atoms with van der Waals surface area (Å²) in [7, 11) is 0. The van der Waals surface area contributed by atoms with Crippen LogP contribution in [-0.2, 0) is 0 Å². The number of hydrogen-bond acceptors (Lipinski definition) is 2. The maximum atomic E-state index is 11.9. The summed E-state index contributed by atoms with van der Waals surface area (Å²) in [5.74, 6) is -0.100. The topological polar surface area (TPSA) is 60.0 Å². The van der Waals surface area contributed by atoms with E-state index in [0.717, 1.165) is 12.8 Å². The van der Waals surface area contributed by atoms with Crippen molar-refractivity contribution in [2.45, 2.75) is 31.8 Å². The van der Waals surface area contributed by atoms with Gasteiger partial charge in [-0.15, -0.1) is 0 Å². The minimum atomic E-state index is -0.100. The zero-order valence-corrected chi connectivity index (χ0v) is 10.00. The van der Waals surface area contributed by atoms with Gasteiger partial charge in [0.05, 0.1) is 5.02 Å². The van der Waals surface area contributed by atoms with E-state index in [4.69, 9.17) is 17.3 Å². The largest absolute Gasteiger partial charge is 0.347 e. The summed E-state index contributed by atoms with van der Waals surface area (Å²) in [6, 6.07) is 2.13. The molecule has 1 aliphatic rings. The van der Waals surface area contributed by atoms with Crippen LogP contribution >= 0.6 is 11.6 Å². The fraction of sp³-hybridized carbons (Fsp3) is 0.545. The van der Waals surface area contributed by atoms with Crippen LogP contribution in [-0.4, -0.2) is 23.1 Å². The van der Waals surface area contributed by atoms with Crippen molar-refractivity contribution in [2.75, 3.05) is 6.54 Å². The average molecular weight is 242 g/mol. The first kappa shape index (κ1) is 11.5. The quantitative estimate of drug-likeness (QED) is 0.840. The molecule has 5 heteroatoms. The van der Waals surface area contributed by atoms with Crippen molar-refractivity contribution in [3.63, 3.8) is 0 Å². The van der Waals surface area contributed by atoms with Crippen molar-refractivity contribution in [3.8, 4) is 0 Å². The van der Waals surface area contributed by atoms with Gasteiger partial charge in [0.15, 0.2) is 0 Å². The number of nitrogens with zero attached hydrogens (tertiary/aromatic N) is 1. The number of carbonyl (C=O) groups excluding carboxylic acids is 1. The second-order valence-corrected chi connectivity index (χ2v) is 4.73. The van der Waals surface area contributed by atoms with E-state index in [0.29, 0.717) is 23.3 Å². The Morgan fingerprint density at radius 1 is 1.75 bits per heavy atom. The first-order valence-corrected chi connectivity index (χ1v) is 5.88. The van der Waals surface area contributed by atoms with Crippen LogP contribution in [0.3, 0.4) is 0 Å². The van der Waals surface area contributed by atoms with Gasteiger partial charge in [-0.25, -0.2) is 0 Å². The summed E-state index contributed by atoms with van der Waals surface area (Å²) >= 11 is 5.93. The summed E-state index contributed by atoms with van der Waals surface area (Å²) < 4.78 is 1.96. The lowest BCUT2D eigenvalue weighted by atomic mass is 10.3. The molecule has 1 aromatic heterocycles. The van der Waals surface area contributed by atoms with Gasteiger partial charge in [-0.2, -0.15) is 0 Å². The summed E-state index contributed by atoms with van der Waals surface area (Å²) in [4.78, 5) is 11.9. The molecule has 1 atom stereocenters. The van der Waals surface area contributed by atoms with Gasteiger partial charge in [0, 0.05) is 24.8 Å². The Morgan fingerprint density at radius 2 is 2.44 bits per heavy atom. The molecule has 2 rings (SSSR count). The van der Waals surface area contributed by atoms with Crippen LogP contribution in [0.15, 0.2) is 12.3 Å². The first-order valence-electron chi connectivity index (χ1n) is 5.50. The van der Waals surface area contributed by atoms with Crippen LogP contribution in [0, 0.1) is 0 Å². The van der Waals surface area contributed by atoms with Crippen LogP contribution in [0.25, 0.3) is 0 Å². The normalized spacial score (nSPS) is 17.2. The van der Waals surface area contributed by atoms with E-state index < -0.39 is 0 Å². The highest BCUT2D eigenvalue weighted by molar-refractivity contribution is 6.31. The Morgan fingerprint density at radius 3 is 3.00 bits per heavy atom. The first-order chi connectivity index (χ1) is 7.61. The van der Waals surface area contributed by atoms with E-state index in [1.807, 2.05) is 17.7 Å². The molecule has 4 nitrogen and oxygen atoms in total. The van der Waals surface area contributed by atoms with Gasteiger partial charge >= 0.3 is 0 Å². The van der Waals surface area contributed by atoms with Crippen LogP contribution in [0.4, 0.5) is 0 Å². The van der Waals surface area contributed by atoms with E-state index in [-0.39, 0.29) is 11.9 Å². The highest BCUT2D eigenvalue weighted by Crippen LogP contribution is 2.37. The SMILES string of the molecule is C[C@H](CN)NC(=O)c1cc(Cl)cn1C1CC1. The number of nitrogens with two attached hydrogens (primary N) is 1. The van der Waals surface area contributed by atoms with Gasteiger partial charge in [-0.3, -0.25) is 4.79 Å². The molecule has 1 aromatic rings. The predicted molar refractivity (Wildman–Crippen MR) is 63.7 cm³/mol. The highest BCUT2D eigenvalue weighted by Gasteiger charge is 2.28. The summed E-state index contributed by atoms with van der Waals surface area (Å²) in [5.41, 5.74) is 6.10. The molecular weight excluding hydrogens is 226 g/mol. The number of nitrogens with one attached hydrogen (secondary N) is 1. The second kappa shape index (κ2) is 4.47. The Hall–Kier alpha value is -1.00. The van der Waals surface area contributed by atoms with Crippen molar-refractivity contribution in [2.24, 2.45) is 5.73 Å². The molecule has 0 aromatic carbocycles. The molecule has 0 aliphatic heterocycles. The molecule has 0 unspecified atom stereocenters. The molecule has 0 bridgehead atoms. The smallest absolute Gasteiger partial charge is 0.268 e. The molecule has 16 heavy (non-hydrogen) atoms. The van der Waals surface area contributed by atoms with Crippen molar-refractivity contribution in [1.29, 1.82) is 0 Å². The third kappa shape index (κ3) is 2.39. The van der Waals surface area contributed by atoms with E-state index in [1.165, 1.54) is 0 Å². The molecule has 1 amide bonds. The van der Waals surface area contributed by atoms with Crippen molar-refractivity contribution in [1.82, 2.24) is 9.88 Å². The number of aromatic nitrogens is 1. The monoisotopic (exact) mass is 241 g/mol. The van der Waals surface area contributed by atoms with Crippen LogP contribution in [0.1, 0.15) is 36.3 Å². The molecule has 0 spiro atoms. The molecule has 1 fully saturated rings. The molecule has 0 saturated heterocycles. The van der Waals surface area contributed by atoms with Crippen molar-refractivity contribution in [3.05, 3.63) is 23.0 Å². The molecular formula is C11H16ClN3O. The zero-order valence-electron chi connectivity index (χ0n) is 9.24. The fourth-order valence-electron chi connectivity index (χ4n) is 1.64. The summed E-state index contributed by atoms with van der Waals surface area (Å²) in [6.45, 7) is 2.31. The molecule has 0 radical (unpaired) electrons. The standard InChI is InChI=1S/C11H16ClN3O/c1-7(5-13)14-11(16)10-4-8(12)6-15(10)9-2-3-9/h4,6-7,9H,2-3,5,13H2,1H3,(H,14,16)/t7-/m1/s1. The Balaban J connectivity index is 2.15. The third-order valence-electron chi connectivity index (χ3n) is 2.72. The van der Waals surface area contributed by atoms with E-state index >= 15 is 0 Å². The van der Waals surface area contributed by atoms with Gasteiger partial charge < -0.3 is 15.6 Å². The number of hydrogen-bond donors (Lipinski definition) is 2. The maximum Gasteiger partial charge on any atom is 0.268 e. The average Bonchev–Trinajstić information content (AvgIpc) is 3.01. The van der Waals surface area contributed by atoms with Gasteiger partial charge in [0.1, 0.15) is 5.69 Å². The lowest BCUT2D eigenvalue weighted by Gasteiger charge is -2.12. The van der Waals surface area contributed by atoms with Gasteiger partial charge in [0.2, 0.25) is 0 Å². The Kier molecular flexibility index (Phi) is 3.21. The summed E-state index contributed by atoms with van der Waals surface area (Å²) in [6.07, 6.45) is 4.07. The molecule has 1 saturated carbocycles. The van der Waals surface area contributed by atoms with Crippen LogP contribution < -0.4 is 11.1 Å². The van der Waals surface area contributed by atoms with Crippen molar-refractivity contribution < 1.29 is 4.79 Å². The van der Waals surface area contributed by atoms with Gasteiger partial charge in [0.25, 0.3) is 5.91 Å². The van der Waals surface area contributed by atoms with E-state index in [1.54, 1.807) is 6.07 Å². The lowest BCUT2D eigenvalue weighted by molar-refractivity contribution is 0.0931. The highest BCUT2D eigenvalue weighted by atomic mass is 35.5. The Bertz CT molecular complexity index is 398. The molecule has 1 heterocycles. The third-order valence-corrected chi connectivity index (χ3v) is 2.93. The van der Waals surface area contributed by atoms with E-state index in [2.05, 4.69) is 5.32 Å². The molecule has 88 valence electrons. The van der Waals surface area contributed by atoms with E-state index in [9.17, 15) is 4.79 Å². The minimum absolute atomic E-state index is 0.0196. The number of carbonyl (C=O) groups is 1. The summed E-state index contributed by atoms with van der Waals surface area (Å²) in [5, 5.41) is 3.45. The van der Waals surface area contributed by atoms with Gasteiger partial charge in [-0.05, 0) is 25.8 Å². The lowest BCUT2D eigenvalue weighted by Crippen LogP contribution is -2.38. The minimum Gasteiger partial charge on any atom is -0.347 e. The fourth-order valence-corrected chi connectivity index (χ4v) is 1.85. The number of amides is 1. The second-order valence-electron chi connectivity index (χ2n) is 4.29. The zero-order chi connectivity index (χ0) is 11.7.